The Morgan fingerprint density at radius 3 is 2.63 bits per heavy atom. The van der Waals surface area contributed by atoms with Crippen molar-refractivity contribution in [2.24, 2.45) is 5.73 Å². The molecule has 0 aliphatic carbocycles. The molecule has 1 fully saturated rings. The van der Waals surface area contributed by atoms with E-state index in [1.54, 1.807) is 17.0 Å². The summed E-state index contributed by atoms with van der Waals surface area (Å²) >= 11 is 0. The highest BCUT2D eigenvalue weighted by atomic mass is 19.1. The van der Waals surface area contributed by atoms with Gasteiger partial charge in [0.05, 0.1) is 6.61 Å². The SMILES string of the molecule is NCc1ccc2c(c1)C1(CCN(C(=O)/C(F)=C/c3ccccc3)CC1)CO2. The average Bonchev–Trinajstić information content (AvgIpc) is 3.06. The molecule has 2 aliphatic heterocycles. The Hall–Kier alpha value is -2.66. The van der Waals surface area contributed by atoms with E-state index in [-0.39, 0.29) is 5.41 Å². The van der Waals surface area contributed by atoms with E-state index in [0.717, 1.165) is 24.2 Å². The van der Waals surface area contributed by atoms with Crippen molar-refractivity contribution in [2.75, 3.05) is 19.7 Å². The van der Waals surface area contributed by atoms with Crippen LogP contribution in [0.1, 0.15) is 29.5 Å². The molecule has 1 saturated heterocycles. The van der Waals surface area contributed by atoms with Gasteiger partial charge in [0.2, 0.25) is 0 Å². The standard InChI is InChI=1S/C22H23FN2O2/c23-19(13-16-4-2-1-3-5-16)21(26)25-10-8-22(9-11-25)15-27-20-7-6-17(14-24)12-18(20)22/h1-7,12-13H,8-11,14-15,24H2/b19-13-. The Morgan fingerprint density at radius 1 is 1.19 bits per heavy atom. The number of ether oxygens (including phenoxy) is 1. The Bertz CT molecular complexity index is 871. The topological polar surface area (TPSA) is 55.6 Å². The van der Waals surface area contributed by atoms with Crippen LogP contribution in [-0.4, -0.2) is 30.5 Å². The van der Waals surface area contributed by atoms with E-state index in [9.17, 15) is 9.18 Å². The fourth-order valence-corrected chi connectivity index (χ4v) is 4.00. The van der Waals surface area contributed by atoms with Crippen molar-refractivity contribution in [3.05, 3.63) is 71.0 Å². The summed E-state index contributed by atoms with van der Waals surface area (Å²) in [6.07, 6.45) is 2.82. The lowest BCUT2D eigenvalue weighted by molar-refractivity contribution is -0.130. The average molecular weight is 366 g/mol. The summed E-state index contributed by atoms with van der Waals surface area (Å²) in [6, 6.07) is 15.1. The van der Waals surface area contributed by atoms with Crippen LogP contribution < -0.4 is 10.5 Å². The fraction of sp³-hybridized carbons (Fsp3) is 0.318. The van der Waals surface area contributed by atoms with Crippen LogP contribution in [0, 0.1) is 0 Å². The highest BCUT2D eigenvalue weighted by Crippen LogP contribution is 2.46. The van der Waals surface area contributed by atoms with Crippen LogP contribution in [0.15, 0.2) is 54.4 Å². The molecular formula is C22H23FN2O2. The molecule has 2 aliphatic rings. The van der Waals surface area contributed by atoms with E-state index < -0.39 is 11.7 Å². The molecule has 27 heavy (non-hydrogen) atoms. The molecule has 4 rings (SSSR count). The van der Waals surface area contributed by atoms with E-state index in [2.05, 4.69) is 6.07 Å². The van der Waals surface area contributed by atoms with E-state index in [1.807, 2.05) is 30.3 Å². The first kappa shape index (κ1) is 17.7. The van der Waals surface area contributed by atoms with Gasteiger partial charge in [-0.1, -0.05) is 42.5 Å². The van der Waals surface area contributed by atoms with Gasteiger partial charge in [-0.15, -0.1) is 0 Å². The number of hydrogen-bond donors (Lipinski definition) is 1. The first-order chi connectivity index (χ1) is 13.1. The molecule has 0 bridgehead atoms. The number of halogens is 1. The number of fused-ring (bicyclic) bond motifs is 2. The van der Waals surface area contributed by atoms with Crippen LogP contribution in [0.4, 0.5) is 4.39 Å². The van der Waals surface area contributed by atoms with E-state index >= 15 is 0 Å². The number of amides is 1. The Balaban J connectivity index is 1.47. The highest BCUT2D eigenvalue weighted by molar-refractivity contribution is 5.95. The predicted octanol–water partition coefficient (Wildman–Crippen LogP) is 3.41. The Morgan fingerprint density at radius 2 is 1.93 bits per heavy atom. The summed E-state index contributed by atoms with van der Waals surface area (Å²) in [5, 5.41) is 0. The number of rotatable bonds is 3. The van der Waals surface area contributed by atoms with Crippen molar-refractivity contribution in [3.63, 3.8) is 0 Å². The number of likely N-dealkylation sites (tertiary alicyclic amines) is 1. The summed E-state index contributed by atoms with van der Waals surface area (Å²) in [5.41, 5.74) is 8.62. The molecule has 2 heterocycles. The van der Waals surface area contributed by atoms with Gasteiger partial charge < -0.3 is 15.4 Å². The lowest BCUT2D eigenvalue weighted by Crippen LogP contribution is -2.46. The van der Waals surface area contributed by atoms with Gasteiger partial charge in [0.15, 0.2) is 5.83 Å². The summed E-state index contributed by atoms with van der Waals surface area (Å²) in [6.45, 7) is 2.14. The van der Waals surface area contributed by atoms with Crippen molar-refractivity contribution in [1.29, 1.82) is 0 Å². The van der Waals surface area contributed by atoms with Gasteiger partial charge in [0.1, 0.15) is 5.75 Å². The van der Waals surface area contributed by atoms with Crippen molar-refractivity contribution >= 4 is 12.0 Å². The van der Waals surface area contributed by atoms with Crippen molar-refractivity contribution < 1.29 is 13.9 Å². The molecule has 0 unspecified atom stereocenters. The second-order valence-electron chi connectivity index (χ2n) is 7.30. The van der Waals surface area contributed by atoms with E-state index in [0.29, 0.717) is 31.8 Å². The Labute approximate surface area is 158 Å². The molecule has 140 valence electrons. The van der Waals surface area contributed by atoms with Crippen molar-refractivity contribution in [1.82, 2.24) is 4.90 Å². The number of hydrogen-bond acceptors (Lipinski definition) is 3. The molecule has 0 radical (unpaired) electrons. The zero-order valence-corrected chi connectivity index (χ0v) is 15.2. The molecule has 0 aromatic heterocycles. The molecule has 0 saturated carbocycles. The van der Waals surface area contributed by atoms with Gasteiger partial charge >= 0.3 is 0 Å². The third-order valence-corrected chi connectivity index (χ3v) is 5.66. The molecule has 0 atom stereocenters. The minimum Gasteiger partial charge on any atom is -0.492 e. The second kappa shape index (κ2) is 7.16. The van der Waals surface area contributed by atoms with Crippen LogP contribution in [0.2, 0.25) is 0 Å². The van der Waals surface area contributed by atoms with Crippen LogP contribution in [0.5, 0.6) is 5.75 Å². The summed E-state index contributed by atoms with van der Waals surface area (Å²) in [5.74, 6) is -0.351. The molecular weight excluding hydrogens is 343 g/mol. The van der Waals surface area contributed by atoms with Gasteiger partial charge in [-0.2, -0.15) is 0 Å². The summed E-state index contributed by atoms with van der Waals surface area (Å²) in [7, 11) is 0. The van der Waals surface area contributed by atoms with E-state index in [1.165, 1.54) is 11.6 Å². The zero-order valence-electron chi connectivity index (χ0n) is 15.2. The number of nitrogens with zero attached hydrogens (tertiary/aromatic N) is 1. The first-order valence-corrected chi connectivity index (χ1v) is 9.29. The quantitative estimate of drug-likeness (QED) is 0.847. The lowest BCUT2D eigenvalue weighted by Gasteiger charge is -2.38. The maximum absolute atomic E-state index is 14.4. The molecule has 2 N–H and O–H groups in total. The van der Waals surface area contributed by atoms with E-state index in [4.69, 9.17) is 10.5 Å². The normalized spacial score (nSPS) is 18.3. The highest BCUT2D eigenvalue weighted by Gasteiger charge is 2.44. The zero-order chi connectivity index (χ0) is 18.9. The first-order valence-electron chi connectivity index (χ1n) is 9.29. The Kier molecular flexibility index (Phi) is 4.70. The number of carbonyl (C=O) groups is 1. The predicted molar refractivity (Wildman–Crippen MR) is 103 cm³/mol. The van der Waals surface area contributed by atoms with Crippen LogP contribution in [0.25, 0.3) is 6.08 Å². The summed E-state index contributed by atoms with van der Waals surface area (Å²) in [4.78, 5) is 14.1. The van der Waals surface area contributed by atoms with Gasteiger partial charge in [0, 0.05) is 30.6 Å². The molecule has 1 amide bonds. The maximum atomic E-state index is 14.4. The van der Waals surface area contributed by atoms with Gasteiger partial charge in [-0.05, 0) is 36.1 Å². The molecule has 5 heteroatoms. The minimum atomic E-state index is -0.717. The number of carbonyl (C=O) groups excluding carboxylic acids is 1. The smallest absolute Gasteiger partial charge is 0.282 e. The summed E-state index contributed by atoms with van der Waals surface area (Å²) < 4.78 is 20.3. The van der Waals surface area contributed by atoms with Gasteiger partial charge in [-0.3, -0.25) is 4.79 Å². The van der Waals surface area contributed by atoms with Crippen molar-refractivity contribution in [3.8, 4) is 5.75 Å². The number of piperidine rings is 1. The fourth-order valence-electron chi connectivity index (χ4n) is 4.00. The number of benzene rings is 2. The van der Waals surface area contributed by atoms with Crippen LogP contribution >= 0.6 is 0 Å². The molecule has 4 nitrogen and oxygen atoms in total. The van der Waals surface area contributed by atoms with Gasteiger partial charge in [0.25, 0.3) is 5.91 Å². The van der Waals surface area contributed by atoms with Crippen molar-refractivity contribution in [2.45, 2.75) is 24.8 Å². The maximum Gasteiger partial charge on any atom is 0.282 e. The van der Waals surface area contributed by atoms with Crippen LogP contribution in [-0.2, 0) is 16.8 Å². The molecule has 1 spiro atoms. The molecule has 2 aromatic carbocycles. The second-order valence-corrected chi connectivity index (χ2v) is 7.30. The minimum absolute atomic E-state index is 0.100. The lowest BCUT2D eigenvalue weighted by atomic mass is 9.74. The largest absolute Gasteiger partial charge is 0.492 e. The molecule has 2 aromatic rings. The monoisotopic (exact) mass is 366 g/mol. The third kappa shape index (κ3) is 3.35. The third-order valence-electron chi connectivity index (χ3n) is 5.66. The number of nitrogens with two attached hydrogens (primary N) is 1. The van der Waals surface area contributed by atoms with Gasteiger partial charge in [-0.25, -0.2) is 4.39 Å². The van der Waals surface area contributed by atoms with Crippen LogP contribution in [0.3, 0.4) is 0 Å².